The highest BCUT2D eigenvalue weighted by molar-refractivity contribution is 7.80. The van der Waals surface area contributed by atoms with Crippen LogP contribution in [0.3, 0.4) is 0 Å². The van der Waals surface area contributed by atoms with Gasteiger partial charge in [0, 0.05) is 28.8 Å². The number of benzene rings is 2. The Kier molecular flexibility index (Phi) is 10.1. The Balaban J connectivity index is 1.59. The highest BCUT2D eigenvalue weighted by Gasteiger charge is 2.27. The van der Waals surface area contributed by atoms with E-state index in [4.69, 9.17) is 21.3 Å². The number of nitrogens with one attached hydrogen (secondary N) is 3. The molecule has 3 N–H and O–H groups in total. The summed E-state index contributed by atoms with van der Waals surface area (Å²) in [5, 5.41) is 8.25. The summed E-state index contributed by atoms with van der Waals surface area (Å²) in [6.07, 6.45) is -0.0774. The SMILES string of the molecule is COC(=O)N[C@@H](Cc1ccccc1)C(=O)N[C@@H](Cc1ccc(NS(=O)[O-])cc1)c1nc(-c2ccc(Cl)s2)cs1. The van der Waals surface area contributed by atoms with Crippen LogP contribution < -0.4 is 15.4 Å². The lowest BCUT2D eigenvalue weighted by molar-refractivity contribution is -0.123. The van der Waals surface area contributed by atoms with Crippen molar-refractivity contribution in [3.8, 4) is 10.6 Å². The minimum atomic E-state index is -2.43. The number of halogens is 1. The third-order valence-electron chi connectivity index (χ3n) is 5.63. The summed E-state index contributed by atoms with van der Waals surface area (Å²) >= 11 is 6.48. The number of hydrogen-bond donors (Lipinski definition) is 3. The topological polar surface area (TPSA) is 132 Å². The standard InChI is InChI=1S/C26H25ClN4O5S3/c1-36-26(33)30-19(13-16-5-3-2-4-6-16)24(32)28-20(14-17-7-9-18(10-8-17)31-39(34)35)25-29-21(15-37-25)22-11-12-23(27)38-22/h2-12,15,19-20,31H,13-14H2,1H3,(H,28,32)(H,30,33)(H,34,35)/p-1/t19-,20-/m0/s1. The molecular formula is C26H24ClN4O5S3-. The molecule has 0 fully saturated rings. The molecule has 0 radical (unpaired) electrons. The molecule has 0 saturated carbocycles. The fourth-order valence-electron chi connectivity index (χ4n) is 3.79. The minimum Gasteiger partial charge on any atom is -0.755 e. The number of nitrogens with zero attached hydrogens (tertiary/aromatic N) is 1. The van der Waals surface area contributed by atoms with Crippen LogP contribution in [-0.4, -0.2) is 38.9 Å². The van der Waals surface area contributed by atoms with Crippen LogP contribution in [0.1, 0.15) is 22.2 Å². The lowest BCUT2D eigenvalue weighted by Crippen LogP contribution is -2.49. The van der Waals surface area contributed by atoms with Gasteiger partial charge in [0.25, 0.3) is 0 Å². The molecule has 0 bridgehead atoms. The van der Waals surface area contributed by atoms with E-state index in [-0.39, 0.29) is 6.42 Å². The first-order valence-corrected chi connectivity index (χ1v) is 14.8. The van der Waals surface area contributed by atoms with Gasteiger partial charge in [0.2, 0.25) is 5.91 Å². The molecule has 0 saturated heterocycles. The van der Waals surface area contributed by atoms with Crippen molar-refractivity contribution in [2.24, 2.45) is 0 Å². The van der Waals surface area contributed by atoms with Crippen molar-refractivity contribution in [3.05, 3.63) is 92.6 Å². The number of amides is 2. The summed E-state index contributed by atoms with van der Waals surface area (Å²) in [5.41, 5.74) is 2.88. The normalized spacial score (nSPS) is 13.2. The lowest BCUT2D eigenvalue weighted by Gasteiger charge is -2.22. The number of thiazole rings is 1. The second-order valence-electron chi connectivity index (χ2n) is 8.35. The van der Waals surface area contributed by atoms with E-state index in [0.29, 0.717) is 21.5 Å². The molecule has 0 aliphatic rings. The maximum Gasteiger partial charge on any atom is 0.407 e. The van der Waals surface area contributed by atoms with Gasteiger partial charge in [0.15, 0.2) is 0 Å². The van der Waals surface area contributed by atoms with E-state index in [1.807, 2.05) is 41.8 Å². The van der Waals surface area contributed by atoms with Crippen molar-refractivity contribution in [2.75, 3.05) is 11.8 Å². The van der Waals surface area contributed by atoms with Crippen molar-refractivity contribution >= 4 is 63.2 Å². The molecule has 1 unspecified atom stereocenters. The van der Waals surface area contributed by atoms with E-state index in [1.165, 1.54) is 29.8 Å². The Morgan fingerprint density at radius 3 is 2.38 bits per heavy atom. The zero-order valence-corrected chi connectivity index (χ0v) is 23.8. The molecule has 39 heavy (non-hydrogen) atoms. The molecule has 2 aromatic carbocycles. The highest BCUT2D eigenvalue weighted by Crippen LogP contribution is 2.33. The van der Waals surface area contributed by atoms with Gasteiger partial charge < -0.3 is 24.6 Å². The van der Waals surface area contributed by atoms with Crippen LogP contribution in [0.4, 0.5) is 10.5 Å². The molecule has 204 valence electrons. The average Bonchev–Trinajstić information content (AvgIpc) is 3.58. The van der Waals surface area contributed by atoms with Crippen LogP contribution in [0.5, 0.6) is 0 Å². The molecule has 2 heterocycles. The predicted octanol–water partition coefficient (Wildman–Crippen LogP) is 5.10. The van der Waals surface area contributed by atoms with E-state index in [2.05, 4.69) is 15.4 Å². The Morgan fingerprint density at radius 2 is 1.74 bits per heavy atom. The Hall–Kier alpha value is -3.29. The zero-order chi connectivity index (χ0) is 27.8. The number of ether oxygens (including phenoxy) is 1. The largest absolute Gasteiger partial charge is 0.755 e. The van der Waals surface area contributed by atoms with Crippen LogP contribution in [0, 0.1) is 0 Å². The molecule has 3 atom stereocenters. The van der Waals surface area contributed by atoms with Gasteiger partial charge in [0.1, 0.15) is 11.0 Å². The molecule has 2 amide bonds. The first-order valence-electron chi connectivity index (χ1n) is 11.7. The molecule has 13 heteroatoms. The summed E-state index contributed by atoms with van der Waals surface area (Å²) in [7, 11) is 1.24. The van der Waals surface area contributed by atoms with Gasteiger partial charge in [0.05, 0.1) is 28.1 Å². The van der Waals surface area contributed by atoms with Gasteiger partial charge >= 0.3 is 6.09 Å². The van der Waals surface area contributed by atoms with E-state index in [0.717, 1.165) is 21.7 Å². The molecule has 4 rings (SSSR count). The second-order valence-corrected chi connectivity index (χ2v) is 11.6. The third kappa shape index (κ3) is 8.35. The number of methoxy groups -OCH3 is 1. The van der Waals surface area contributed by atoms with Crippen LogP contribution >= 0.6 is 34.3 Å². The molecule has 0 aliphatic heterocycles. The Labute approximate surface area is 241 Å². The summed E-state index contributed by atoms with van der Waals surface area (Å²) in [6.45, 7) is 0. The Bertz CT molecular complexity index is 1430. The number of anilines is 1. The van der Waals surface area contributed by atoms with E-state index in [1.54, 1.807) is 30.3 Å². The quantitative estimate of drug-likeness (QED) is 0.204. The highest BCUT2D eigenvalue weighted by atomic mass is 35.5. The van der Waals surface area contributed by atoms with Gasteiger partial charge in [-0.05, 0) is 41.8 Å². The van der Waals surface area contributed by atoms with E-state index in [9.17, 15) is 18.4 Å². The maximum absolute atomic E-state index is 13.5. The van der Waals surface area contributed by atoms with E-state index >= 15 is 0 Å². The van der Waals surface area contributed by atoms with E-state index < -0.39 is 35.4 Å². The monoisotopic (exact) mass is 603 g/mol. The fraction of sp³-hybridized carbons (Fsp3) is 0.192. The number of alkyl carbamates (subject to hydrolysis) is 1. The van der Waals surface area contributed by atoms with Crippen molar-refractivity contribution in [1.82, 2.24) is 15.6 Å². The molecule has 2 aromatic heterocycles. The summed E-state index contributed by atoms with van der Waals surface area (Å²) in [4.78, 5) is 31.3. The molecular weight excluding hydrogens is 580 g/mol. The van der Waals surface area contributed by atoms with Crippen molar-refractivity contribution in [2.45, 2.75) is 24.9 Å². The number of hydrogen-bond acceptors (Lipinski definition) is 8. The zero-order valence-electron chi connectivity index (χ0n) is 20.6. The second kappa shape index (κ2) is 13.7. The van der Waals surface area contributed by atoms with Crippen molar-refractivity contribution in [3.63, 3.8) is 0 Å². The molecule has 9 nitrogen and oxygen atoms in total. The summed E-state index contributed by atoms with van der Waals surface area (Å²) < 4.78 is 29.6. The number of carbonyl (C=O) groups is 2. The molecule has 4 aromatic rings. The van der Waals surface area contributed by atoms with Gasteiger partial charge in [-0.2, -0.15) is 0 Å². The van der Waals surface area contributed by atoms with Crippen LogP contribution in [0.15, 0.2) is 72.1 Å². The number of rotatable bonds is 11. The third-order valence-corrected chi connectivity index (χ3v) is 8.25. The van der Waals surface area contributed by atoms with Crippen LogP contribution in [0.2, 0.25) is 4.34 Å². The minimum absolute atomic E-state index is 0.262. The van der Waals surface area contributed by atoms with Gasteiger partial charge in [-0.25, -0.2) is 9.78 Å². The molecule has 0 spiro atoms. The number of thiophene rings is 1. The lowest BCUT2D eigenvalue weighted by atomic mass is 10.0. The van der Waals surface area contributed by atoms with Crippen molar-refractivity contribution < 1.29 is 23.1 Å². The molecule has 0 aliphatic carbocycles. The van der Waals surface area contributed by atoms with Crippen LogP contribution in [0.25, 0.3) is 10.6 Å². The fourth-order valence-corrected chi connectivity index (χ4v) is 6.06. The first-order chi connectivity index (χ1) is 18.8. The first kappa shape index (κ1) is 28.7. The van der Waals surface area contributed by atoms with Crippen LogP contribution in [-0.2, 0) is 33.6 Å². The van der Waals surface area contributed by atoms with Gasteiger partial charge in [-0.3, -0.25) is 9.00 Å². The number of carbonyl (C=O) groups excluding carboxylic acids is 2. The maximum atomic E-state index is 13.5. The Morgan fingerprint density at radius 1 is 1.03 bits per heavy atom. The van der Waals surface area contributed by atoms with Crippen molar-refractivity contribution in [1.29, 1.82) is 0 Å². The van der Waals surface area contributed by atoms with Gasteiger partial charge in [-0.1, -0.05) is 54.1 Å². The summed E-state index contributed by atoms with van der Waals surface area (Å²) in [5.74, 6) is -0.398. The average molecular weight is 604 g/mol. The predicted molar refractivity (Wildman–Crippen MR) is 153 cm³/mol. The number of aromatic nitrogens is 1. The summed E-state index contributed by atoms with van der Waals surface area (Å²) in [6, 6.07) is 18.4. The smallest absolute Gasteiger partial charge is 0.407 e. The van der Waals surface area contributed by atoms with Gasteiger partial charge in [-0.15, -0.1) is 22.7 Å².